The molecule has 1 saturated heterocycles. The number of aryl methyl sites for hydroxylation is 2. The van der Waals surface area contributed by atoms with Gasteiger partial charge in [0.05, 0.1) is 27.7 Å². The van der Waals surface area contributed by atoms with Gasteiger partial charge in [-0.05, 0) is 75.4 Å². The zero-order valence-corrected chi connectivity index (χ0v) is 21.2. The molecule has 180 valence electrons. The number of rotatable bonds is 5. The minimum Gasteiger partial charge on any atom is -0.319 e. The molecule has 0 saturated carbocycles. The third kappa shape index (κ3) is 4.79. The first-order chi connectivity index (χ1) is 16.1. The maximum atomic E-state index is 13.1. The van der Waals surface area contributed by atoms with Crippen LogP contribution < -0.4 is 5.32 Å². The van der Waals surface area contributed by atoms with E-state index in [0.717, 1.165) is 23.4 Å². The number of hydrogen-bond acceptors (Lipinski definition) is 4. The van der Waals surface area contributed by atoms with Crippen LogP contribution in [-0.4, -0.2) is 41.5 Å². The molecule has 0 aliphatic carbocycles. The topological polar surface area (TPSA) is 84.3 Å². The largest absolute Gasteiger partial charge is 0.319 e. The molecular weight excluding hydrogens is 448 g/mol. The minimum absolute atomic E-state index is 0.213. The molecule has 1 aliphatic rings. The smallest absolute Gasteiger partial charge is 0.255 e. The number of sulfonamides is 1. The Morgan fingerprint density at radius 1 is 0.941 bits per heavy atom. The number of hydrogen-bond donors (Lipinski definition) is 1. The van der Waals surface area contributed by atoms with Crippen LogP contribution in [0.1, 0.15) is 47.6 Å². The molecule has 4 rings (SSSR count). The van der Waals surface area contributed by atoms with Crippen LogP contribution in [0.5, 0.6) is 0 Å². The monoisotopic (exact) mass is 480 g/mol. The van der Waals surface area contributed by atoms with Crippen molar-refractivity contribution in [2.75, 3.05) is 18.4 Å². The lowest BCUT2D eigenvalue weighted by Crippen LogP contribution is -2.42. The number of amides is 1. The van der Waals surface area contributed by atoms with Gasteiger partial charge in [0.15, 0.2) is 0 Å². The van der Waals surface area contributed by atoms with Crippen molar-refractivity contribution in [1.29, 1.82) is 0 Å². The second-order valence-electron chi connectivity index (χ2n) is 9.54. The van der Waals surface area contributed by atoms with Crippen molar-refractivity contribution in [1.82, 2.24) is 14.1 Å². The van der Waals surface area contributed by atoms with Gasteiger partial charge in [0.1, 0.15) is 0 Å². The molecule has 1 aliphatic heterocycles. The summed E-state index contributed by atoms with van der Waals surface area (Å²) in [6.45, 7) is 11.0. The Labute approximate surface area is 201 Å². The van der Waals surface area contributed by atoms with E-state index in [-0.39, 0.29) is 10.8 Å². The van der Waals surface area contributed by atoms with Gasteiger partial charge >= 0.3 is 0 Å². The number of piperidine rings is 1. The molecule has 0 radical (unpaired) electrons. The van der Waals surface area contributed by atoms with Gasteiger partial charge in [0, 0.05) is 18.7 Å². The van der Waals surface area contributed by atoms with Crippen LogP contribution in [0.3, 0.4) is 0 Å². The number of aromatic nitrogens is 2. The molecule has 2 heterocycles. The predicted molar refractivity (Wildman–Crippen MR) is 134 cm³/mol. The van der Waals surface area contributed by atoms with Crippen LogP contribution in [0.15, 0.2) is 53.4 Å². The fraction of sp³-hybridized carbons (Fsp3) is 0.385. The molecule has 1 amide bonds. The number of nitrogens with one attached hydrogen (secondary N) is 1. The van der Waals surface area contributed by atoms with E-state index in [9.17, 15) is 13.2 Å². The molecule has 1 N–H and O–H groups in total. The van der Waals surface area contributed by atoms with E-state index in [2.05, 4.69) is 24.3 Å². The highest BCUT2D eigenvalue weighted by Crippen LogP contribution is 2.27. The van der Waals surface area contributed by atoms with Crippen LogP contribution in [-0.2, 0) is 10.0 Å². The van der Waals surface area contributed by atoms with Crippen molar-refractivity contribution < 1.29 is 13.2 Å². The van der Waals surface area contributed by atoms with Crippen LogP contribution in [0.4, 0.5) is 5.69 Å². The molecule has 1 fully saturated rings. The summed E-state index contributed by atoms with van der Waals surface area (Å²) in [5.74, 6) is 0.352. The molecule has 34 heavy (non-hydrogen) atoms. The number of nitrogens with zero attached hydrogens (tertiary/aromatic N) is 3. The number of anilines is 1. The molecule has 2 aromatic carbocycles. The fourth-order valence-corrected chi connectivity index (χ4v) is 6.36. The van der Waals surface area contributed by atoms with Crippen molar-refractivity contribution in [3.63, 3.8) is 0 Å². The molecule has 3 aromatic rings. The number of benzene rings is 2. The van der Waals surface area contributed by atoms with Gasteiger partial charge in [-0.3, -0.25) is 4.79 Å². The Balaban J connectivity index is 1.52. The lowest BCUT2D eigenvalue weighted by Gasteiger charge is -2.34. The van der Waals surface area contributed by atoms with Crippen molar-refractivity contribution in [3.05, 3.63) is 71.0 Å². The molecule has 2 atom stereocenters. The van der Waals surface area contributed by atoms with E-state index < -0.39 is 10.0 Å². The van der Waals surface area contributed by atoms with Crippen molar-refractivity contribution in [3.8, 4) is 5.69 Å². The second kappa shape index (κ2) is 9.35. The van der Waals surface area contributed by atoms with Gasteiger partial charge in [0.25, 0.3) is 5.91 Å². The highest BCUT2D eigenvalue weighted by molar-refractivity contribution is 7.89. The molecule has 7 nitrogen and oxygen atoms in total. The predicted octanol–water partition coefficient (Wildman–Crippen LogP) is 4.72. The molecular formula is C26H32N4O3S. The van der Waals surface area contributed by atoms with Crippen LogP contribution in [0, 0.1) is 32.6 Å². The van der Waals surface area contributed by atoms with Gasteiger partial charge < -0.3 is 5.32 Å². The van der Waals surface area contributed by atoms with Crippen LogP contribution in [0.25, 0.3) is 5.69 Å². The molecule has 2 unspecified atom stereocenters. The Morgan fingerprint density at radius 2 is 1.53 bits per heavy atom. The summed E-state index contributed by atoms with van der Waals surface area (Å²) in [4.78, 5) is 13.2. The number of carbonyl (C=O) groups excluding carboxylic acids is 1. The molecule has 0 bridgehead atoms. The van der Waals surface area contributed by atoms with Crippen molar-refractivity contribution in [2.24, 2.45) is 11.8 Å². The summed E-state index contributed by atoms with van der Waals surface area (Å²) < 4.78 is 29.6. The highest BCUT2D eigenvalue weighted by Gasteiger charge is 2.31. The first-order valence-electron chi connectivity index (χ1n) is 11.6. The first-order valence-corrected chi connectivity index (χ1v) is 13.0. The summed E-state index contributed by atoms with van der Waals surface area (Å²) in [7, 11) is -3.58. The standard InChI is InChI=1S/C26H32N4O3S/c1-17-6-10-23(11-7-17)30-21(5)25(20(4)28-30)27-26(31)22-8-12-24(13-9-22)34(32,33)29-15-18(2)14-19(3)16-29/h6-13,18-19H,14-16H2,1-5H3,(H,27,31). The maximum Gasteiger partial charge on any atom is 0.255 e. The molecule has 8 heteroatoms. The van der Waals surface area contributed by atoms with Gasteiger partial charge in [-0.1, -0.05) is 31.5 Å². The summed E-state index contributed by atoms with van der Waals surface area (Å²) in [6, 6.07) is 14.2. The van der Waals surface area contributed by atoms with E-state index >= 15 is 0 Å². The van der Waals surface area contributed by atoms with Gasteiger partial charge in [-0.25, -0.2) is 13.1 Å². The Hall–Kier alpha value is -2.97. The third-order valence-corrected chi connectivity index (χ3v) is 8.24. The van der Waals surface area contributed by atoms with E-state index in [0.29, 0.717) is 41.9 Å². The van der Waals surface area contributed by atoms with E-state index in [1.54, 1.807) is 21.1 Å². The Bertz CT molecular complexity index is 1290. The number of carbonyl (C=O) groups is 1. The van der Waals surface area contributed by atoms with Crippen molar-refractivity contribution >= 4 is 21.6 Å². The first kappa shape index (κ1) is 24.2. The lowest BCUT2D eigenvalue weighted by molar-refractivity contribution is 0.102. The van der Waals surface area contributed by atoms with Crippen molar-refractivity contribution in [2.45, 2.75) is 45.9 Å². The van der Waals surface area contributed by atoms with Crippen LogP contribution in [0.2, 0.25) is 0 Å². The summed E-state index contributed by atoms with van der Waals surface area (Å²) in [6.07, 6.45) is 1.03. The van der Waals surface area contributed by atoms with E-state index in [1.165, 1.54) is 12.1 Å². The normalized spacial score (nSPS) is 19.2. The van der Waals surface area contributed by atoms with Crippen LogP contribution >= 0.6 is 0 Å². The fourth-order valence-electron chi connectivity index (χ4n) is 4.68. The molecule has 0 spiro atoms. The summed E-state index contributed by atoms with van der Waals surface area (Å²) >= 11 is 0. The average molecular weight is 481 g/mol. The SMILES string of the molecule is Cc1ccc(-n2nc(C)c(NC(=O)c3ccc(S(=O)(=O)N4CC(C)CC(C)C4)cc3)c2C)cc1. The lowest BCUT2D eigenvalue weighted by atomic mass is 9.94. The maximum absolute atomic E-state index is 13.1. The third-order valence-electron chi connectivity index (χ3n) is 6.40. The summed E-state index contributed by atoms with van der Waals surface area (Å²) in [5.41, 5.74) is 4.65. The van der Waals surface area contributed by atoms with Gasteiger partial charge in [-0.15, -0.1) is 0 Å². The Kier molecular flexibility index (Phi) is 6.64. The quantitative estimate of drug-likeness (QED) is 0.573. The zero-order chi connectivity index (χ0) is 24.6. The average Bonchev–Trinajstić information content (AvgIpc) is 3.07. The Morgan fingerprint density at radius 3 is 2.12 bits per heavy atom. The highest BCUT2D eigenvalue weighted by atomic mass is 32.2. The minimum atomic E-state index is -3.58. The van der Waals surface area contributed by atoms with Gasteiger partial charge in [0.2, 0.25) is 10.0 Å². The summed E-state index contributed by atoms with van der Waals surface area (Å²) in [5, 5.41) is 7.53. The second-order valence-corrected chi connectivity index (χ2v) is 11.5. The molecule has 1 aromatic heterocycles. The van der Waals surface area contributed by atoms with E-state index in [4.69, 9.17) is 0 Å². The van der Waals surface area contributed by atoms with E-state index in [1.807, 2.05) is 45.0 Å². The zero-order valence-electron chi connectivity index (χ0n) is 20.4. The van der Waals surface area contributed by atoms with Gasteiger partial charge in [-0.2, -0.15) is 9.40 Å².